The summed E-state index contributed by atoms with van der Waals surface area (Å²) in [6.45, 7) is 0. The van der Waals surface area contributed by atoms with Crippen LogP contribution in [0.4, 0.5) is 0 Å². The van der Waals surface area contributed by atoms with Gasteiger partial charge in [-0.25, -0.2) is 4.98 Å². The normalized spacial score (nSPS) is 10.0. The van der Waals surface area contributed by atoms with E-state index in [1.54, 1.807) is 0 Å². The van der Waals surface area contributed by atoms with Crippen LogP contribution in [0.1, 0.15) is 5.69 Å². The fourth-order valence-corrected chi connectivity index (χ4v) is 1.61. The maximum atomic E-state index is 8.68. The molecule has 2 heterocycles. The number of hydrogen-bond acceptors (Lipinski definition) is 2. The monoisotopic (exact) mass is 269 g/mol. The molecule has 0 saturated carbocycles. The quantitative estimate of drug-likeness (QED) is 0.744. The van der Waals surface area contributed by atoms with Crippen LogP contribution in [0.25, 0.3) is 11.0 Å². The summed E-state index contributed by atoms with van der Waals surface area (Å²) >= 11 is 2.11. The molecule has 2 rings (SSSR count). The minimum Gasteiger partial charge on any atom is -0.346 e. The van der Waals surface area contributed by atoms with E-state index in [0.29, 0.717) is 5.69 Å². The second-order valence-electron chi connectivity index (χ2n) is 2.35. The van der Waals surface area contributed by atoms with Gasteiger partial charge in [0.15, 0.2) is 5.69 Å². The molecule has 0 bridgehead atoms. The lowest BCUT2D eigenvalue weighted by Gasteiger charge is -1.93. The standard InChI is InChI=1S/C8H4IN3/c9-6-3-5-1-2-11-8(5)12-7(6)4-10/h1-3H,(H,11,12). The van der Waals surface area contributed by atoms with Gasteiger partial charge in [-0.05, 0) is 34.7 Å². The number of aromatic amines is 1. The van der Waals surface area contributed by atoms with Gasteiger partial charge in [-0.1, -0.05) is 0 Å². The van der Waals surface area contributed by atoms with Crippen molar-refractivity contribution >= 4 is 33.6 Å². The summed E-state index contributed by atoms with van der Waals surface area (Å²) in [5, 5.41) is 9.72. The molecule has 0 aliphatic rings. The van der Waals surface area contributed by atoms with E-state index in [2.05, 4.69) is 32.6 Å². The molecule has 4 heteroatoms. The number of fused-ring (bicyclic) bond motifs is 1. The average molecular weight is 269 g/mol. The van der Waals surface area contributed by atoms with Crippen LogP contribution < -0.4 is 0 Å². The van der Waals surface area contributed by atoms with Gasteiger partial charge in [0.2, 0.25) is 0 Å². The van der Waals surface area contributed by atoms with E-state index in [4.69, 9.17) is 5.26 Å². The van der Waals surface area contributed by atoms with Gasteiger partial charge in [-0.2, -0.15) is 5.26 Å². The summed E-state index contributed by atoms with van der Waals surface area (Å²) < 4.78 is 0.891. The van der Waals surface area contributed by atoms with Crippen molar-refractivity contribution in [1.29, 1.82) is 5.26 Å². The number of nitrogens with zero attached hydrogens (tertiary/aromatic N) is 2. The molecular formula is C8H4IN3. The van der Waals surface area contributed by atoms with Crippen molar-refractivity contribution in [2.45, 2.75) is 0 Å². The van der Waals surface area contributed by atoms with Crippen molar-refractivity contribution in [1.82, 2.24) is 9.97 Å². The maximum absolute atomic E-state index is 8.68. The number of halogens is 1. The molecule has 0 unspecified atom stereocenters. The van der Waals surface area contributed by atoms with Crippen molar-refractivity contribution in [2.75, 3.05) is 0 Å². The Balaban J connectivity index is 2.84. The van der Waals surface area contributed by atoms with E-state index in [9.17, 15) is 0 Å². The van der Waals surface area contributed by atoms with Crippen LogP contribution in [-0.2, 0) is 0 Å². The van der Waals surface area contributed by atoms with Crippen LogP contribution in [0, 0.1) is 14.9 Å². The number of aromatic nitrogens is 2. The van der Waals surface area contributed by atoms with Gasteiger partial charge in [0.05, 0.1) is 3.57 Å². The van der Waals surface area contributed by atoms with E-state index in [-0.39, 0.29) is 0 Å². The largest absolute Gasteiger partial charge is 0.346 e. The molecule has 2 aromatic rings. The van der Waals surface area contributed by atoms with Gasteiger partial charge in [0.1, 0.15) is 11.7 Å². The second-order valence-corrected chi connectivity index (χ2v) is 3.51. The highest BCUT2D eigenvalue weighted by atomic mass is 127. The predicted molar refractivity (Wildman–Crippen MR) is 53.5 cm³/mol. The first-order valence-corrected chi connectivity index (χ1v) is 4.43. The molecule has 0 spiro atoms. The molecule has 0 saturated heterocycles. The molecule has 12 heavy (non-hydrogen) atoms. The lowest BCUT2D eigenvalue weighted by atomic mass is 10.3. The smallest absolute Gasteiger partial charge is 0.156 e. The predicted octanol–water partition coefficient (Wildman–Crippen LogP) is 2.04. The fraction of sp³-hybridized carbons (Fsp3) is 0. The first-order chi connectivity index (χ1) is 5.81. The van der Waals surface area contributed by atoms with E-state index in [1.165, 1.54) is 0 Å². The Bertz CT molecular complexity index is 467. The van der Waals surface area contributed by atoms with E-state index in [1.807, 2.05) is 24.4 Å². The highest BCUT2D eigenvalue weighted by molar-refractivity contribution is 14.1. The summed E-state index contributed by atoms with van der Waals surface area (Å²) in [7, 11) is 0. The summed E-state index contributed by atoms with van der Waals surface area (Å²) in [6.07, 6.45) is 1.81. The molecule has 0 aliphatic carbocycles. The third kappa shape index (κ3) is 1.06. The Labute approximate surface area is 82.6 Å². The number of nitriles is 1. The minimum atomic E-state index is 0.477. The molecular weight excluding hydrogens is 265 g/mol. The van der Waals surface area contributed by atoms with Crippen molar-refractivity contribution in [3.05, 3.63) is 27.6 Å². The Morgan fingerprint density at radius 3 is 3.17 bits per heavy atom. The van der Waals surface area contributed by atoms with Gasteiger partial charge in [-0.3, -0.25) is 0 Å². The van der Waals surface area contributed by atoms with Gasteiger partial charge in [-0.15, -0.1) is 0 Å². The fourth-order valence-electron chi connectivity index (χ4n) is 1.03. The van der Waals surface area contributed by atoms with Gasteiger partial charge in [0.25, 0.3) is 0 Å². The Hall–Kier alpha value is -1.09. The van der Waals surface area contributed by atoms with Gasteiger partial charge >= 0.3 is 0 Å². The molecule has 1 N–H and O–H groups in total. The summed E-state index contributed by atoms with van der Waals surface area (Å²) in [5.74, 6) is 0. The van der Waals surface area contributed by atoms with Crippen LogP contribution in [0.2, 0.25) is 0 Å². The third-order valence-electron chi connectivity index (χ3n) is 1.59. The number of hydrogen-bond donors (Lipinski definition) is 1. The summed E-state index contributed by atoms with van der Waals surface area (Å²) in [5.41, 5.74) is 1.25. The van der Waals surface area contributed by atoms with Crippen LogP contribution in [-0.4, -0.2) is 9.97 Å². The van der Waals surface area contributed by atoms with E-state index in [0.717, 1.165) is 14.6 Å². The Morgan fingerprint density at radius 2 is 2.42 bits per heavy atom. The number of pyridine rings is 1. The first-order valence-electron chi connectivity index (χ1n) is 3.35. The first kappa shape index (κ1) is 7.55. The van der Waals surface area contributed by atoms with Crippen LogP contribution >= 0.6 is 22.6 Å². The maximum Gasteiger partial charge on any atom is 0.156 e. The highest BCUT2D eigenvalue weighted by Gasteiger charge is 2.03. The molecule has 58 valence electrons. The van der Waals surface area contributed by atoms with E-state index < -0.39 is 0 Å². The minimum absolute atomic E-state index is 0.477. The van der Waals surface area contributed by atoms with Crippen LogP contribution in [0.3, 0.4) is 0 Å². The van der Waals surface area contributed by atoms with Crippen LogP contribution in [0.15, 0.2) is 18.3 Å². The lowest BCUT2D eigenvalue weighted by Crippen LogP contribution is -1.87. The van der Waals surface area contributed by atoms with Crippen molar-refractivity contribution < 1.29 is 0 Å². The zero-order valence-electron chi connectivity index (χ0n) is 6.00. The van der Waals surface area contributed by atoms with Crippen molar-refractivity contribution in [3.8, 4) is 6.07 Å². The number of nitrogens with one attached hydrogen (secondary N) is 1. The van der Waals surface area contributed by atoms with E-state index >= 15 is 0 Å². The molecule has 0 amide bonds. The molecule has 3 nitrogen and oxygen atoms in total. The van der Waals surface area contributed by atoms with Crippen LogP contribution in [0.5, 0.6) is 0 Å². The second kappa shape index (κ2) is 2.75. The Morgan fingerprint density at radius 1 is 1.58 bits per heavy atom. The van der Waals surface area contributed by atoms with Crippen molar-refractivity contribution in [2.24, 2.45) is 0 Å². The zero-order valence-corrected chi connectivity index (χ0v) is 8.16. The van der Waals surface area contributed by atoms with Gasteiger partial charge in [0, 0.05) is 11.6 Å². The molecule has 0 fully saturated rings. The molecule has 0 aliphatic heterocycles. The average Bonchev–Trinajstić information content (AvgIpc) is 2.49. The topological polar surface area (TPSA) is 52.5 Å². The Kier molecular flexibility index (Phi) is 1.73. The SMILES string of the molecule is N#Cc1nc2[nH]ccc2cc1I. The summed E-state index contributed by atoms with van der Waals surface area (Å²) in [4.78, 5) is 7.08. The molecule has 0 atom stereocenters. The molecule has 0 aromatic carbocycles. The summed E-state index contributed by atoms with van der Waals surface area (Å²) in [6, 6.07) is 5.92. The third-order valence-corrected chi connectivity index (χ3v) is 2.42. The highest BCUT2D eigenvalue weighted by Crippen LogP contribution is 2.16. The zero-order chi connectivity index (χ0) is 8.55. The molecule has 2 aromatic heterocycles. The molecule has 0 radical (unpaired) electrons. The number of H-pyrrole nitrogens is 1. The number of rotatable bonds is 0. The van der Waals surface area contributed by atoms with Crippen molar-refractivity contribution in [3.63, 3.8) is 0 Å². The van der Waals surface area contributed by atoms with Gasteiger partial charge < -0.3 is 4.98 Å². The lowest BCUT2D eigenvalue weighted by molar-refractivity contribution is 1.26.